The van der Waals surface area contributed by atoms with Crippen LogP contribution >= 0.6 is 11.6 Å². The quantitative estimate of drug-likeness (QED) is 0.481. The number of ether oxygens (including phenoxy) is 3. The summed E-state index contributed by atoms with van der Waals surface area (Å²) in [4.78, 5) is 12.5. The summed E-state index contributed by atoms with van der Waals surface area (Å²) < 4.78 is 58.0. The Kier molecular flexibility index (Phi) is 7.67. The van der Waals surface area contributed by atoms with Crippen molar-refractivity contribution < 1.29 is 31.8 Å². The number of carbonyl (C=O) groups is 1. The van der Waals surface area contributed by atoms with E-state index in [2.05, 4.69) is 4.72 Å². The maximum Gasteiger partial charge on any atom is 0.335 e. The van der Waals surface area contributed by atoms with Gasteiger partial charge in [-0.05, 0) is 51.5 Å². The van der Waals surface area contributed by atoms with Crippen LogP contribution in [0, 0.1) is 5.82 Å². The molecule has 2 rings (SSSR count). The summed E-state index contributed by atoms with van der Waals surface area (Å²) in [5.74, 6) is -2.62. The van der Waals surface area contributed by atoms with E-state index < -0.39 is 32.8 Å². The highest BCUT2D eigenvalue weighted by Crippen LogP contribution is 2.36. The molecule has 0 spiro atoms. The van der Waals surface area contributed by atoms with Gasteiger partial charge in [0.25, 0.3) is 0 Å². The molecule has 1 N–H and O–H groups in total. The highest BCUT2D eigenvalue weighted by atomic mass is 35.5. The van der Waals surface area contributed by atoms with Crippen molar-refractivity contribution in [3.05, 3.63) is 40.7 Å². The van der Waals surface area contributed by atoms with E-state index in [-0.39, 0.29) is 41.8 Å². The summed E-state index contributed by atoms with van der Waals surface area (Å²) >= 11 is 5.94. The molecule has 0 radical (unpaired) electrons. The maximum absolute atomic E-state index is 13.3. The molecule has 0 fully saturated rings. The van der Waals surface area contributed by atoms with Crippen LogP contribution in [0.4, 0.5) is 10.1 Å². The van der Waals surface area contributed by atoms with Crippen LogP contribution < -0.4 is 4.72 Å². The number of halogens is 2. The van der Waals surface area contributed by atoms with E-state index in [0.717, 1.165) is 12.1 Å². The van der Waals surface area contributed by atoms with E-state index in [9.17, 15) is 17.6 Å². The molecule has 0 saturated heterocycles. The lowest BCUT2D eigenvalue weighted by atomic mass is 9.93. The molecular formula is C19H25ClFNO6S. The van der Waals surface area contributed by atoms with Crippen LogP contribution in [-0.2, 0) is 29.0 Å². The Bertz CT molecular complexity index is 889. The van der Waals surface area contributed by atoms with Gasteiger partial charge in [0.2, 0.25) is 10.0 Å². The van der Waals surface area contributed by atoms with E-state index in [1.165, 1.54) is 19.3 Å². The van der Waals surface area contributed by atoms with Crippen LogP contribution in [0.15, 0.2) is 29.8 Å². The largest absolute Gasteiger partial charge is 0.463 e. The zero-order valence-electron chi connectivity index (χ0n) is 16.7. The summed E-state index contributed by atoms with van der Waals surface area (Å²) in [5.41, 5.74) is -0.0791. The number of hydrogen-bond acceptors (Lipinski definition) is 6. The van der Waals surface area contributed by atoms with Gasteiger partial charge < -0.3 is 14.2 Å². The van der Waals surface area contributed by atoms with Crippen LogP contribution in [0.2, 0.25) is 5.02 Å². The number of esters is 1. The molecule has 2 unspecified atom stereocenters. The van der Waals surface area contributed by atoms with E-state index in [0.29, 0.717) is 0 Å². The second kappa shape index (κ2) is 9.42. The van der Waals surface area contributed by atoms with Crippen LogP contribution in [0.5, 0.6) is 0 Å². The van der Waals surface area contributed by atoms with Gasteiger partial charge in [-0.15, -0.1) is 0 Å². The predicted molar refractivity (Wildman–Crippen MR) is 108 cm³/mol. The fourth-order valence-corrected chi connectivity index (χ4v) is 4.94. The standard InChI is InChI=1S/C19H25ClFNO6S/c1-5-27-18(23)14-11-19(26-4,28-12(2)3)9-8-17(14)29(24,25)22-16-7-6-13(21)10-15(16)20/h6-7,10-12,17,22H,5,8-9H2,1-4H3. The second-order valence-electron chi connectivity index (χ2n) is 6.80. The molecule has 0 aliphatic heterocycles. The highest BCUT2D eigenvalue weighted by molar-refractivity contribution is 7.93. The molecule has 1 aliphatic carbocycles. The predicted octanol–water partition coefficient (Wildman–Crippen LogP) is 3.64. The second-order valence-corrected chi connectivity index (χ2v) is 9.07. The van der Waals surface area contributed by atoms with Crippen molar-refractivity contribution in [1.29, 1.82) is 0 Å². The third kappa shape index (κ3) is 5.69. The van der Waals surface area contributed by atoms with Crippen LogP contribution in [0.25, 0.3) is 0 Å². The Morgan fingerprint density at radius 3 is 2.66 bits per heavy atom. The Balaban J connectivity index is 2.44. The van der Waals surface area contributed by atoms with Crippen LogP contribution in [0.3, 0.4) is 0 Å². The minimum Gasteiger partial charge on any atom is -0.463 e. The number of anilines is 1. The smallest absolute Gasteiger partial charge is 0.335 e. The van der Waals surface area contributed by atoms with Crippen molar-refractivity contribution in [2.45, 2.75) is 50.8 Å². The van der Waals surface area contributed by atoms with Crippen molar-refractivity contribution in [1.82, 2.24) is 0 Å². The minimum atomic E-state index is -4.11. The summed E-state index contributed by atoms with van der Waals surface area (Å²) in [6, 6.07) is 3.29. The molecular weight excluding hydrogens is 425 g/mol. The van der Waals surface area contributed by atoms with Gasteiger partial charge in [0.15, 0.2) is 5.79 Å². The van der Waals surface area contributed by atoms with Crippen molar-refractivity contribution in [2.24, 2.45) is 0 Å². The van der Waals surface area contributed by atoms with E-state index in [1.54, 1.807) is 20.8 Å². The fourth-order valence-electron chi connectivity index (χ4n) is 3.11. The Morgan fingerprint density at radius 1 is 1.41 bits per heavy atom. The highest BCUT2D eigenvalue weighted by Gasteiger charge is 2.44. The topological polar surface area (TPSA) is 90.9 Å². The molecule has 1 aliphatic rings. The summed E-state index contributed by atoms with van der Waals surface area (Å²) in [6.45, 7) is 5.31. The average Bonchev–Trinajstić information content (AvgIpc) is 2.63. The number of nitrogens with one attached hydrogen (secondary N) is 1. The third-order valence-electron chi connectivity index (χ3n) is 4.33. The molecule has 10 heteroatoms. The molecule has 7 nitrogen and oxygen atoms in total. The number of rotatable bonds is 8. The molecule has 0 aromatic heterocycles. The molecule has 29 heavy (non-hydrogen) atoms. The molecule has 0 bridgehead atoms. The SMILES string of the molecule is CCOC(=O)C1=CC(OC)(OC(C)C)CCC1S(=O)(=O)Nc1ccc(F)cc1Cl. The number of sulfonamides is 1. The van der Waals surface area contributed by atoms with Gasteiger partial charge in [0, 0.05) is 13.5 Å². The Hall–Kier alpha value is -1.68. The van der Waals surface area contributed by atoms with E-state index >= 15 is 0 Å². The van der Waals surface area contributed by atoms with Gasteiger partial charge in [-0.1, -0.05) is 11.6 Å². The van der Waals surface area contributed by atoms with Crippen LogP contribution in [-0.4, -0.2) is 45.2 Å². The lowest BCUT2D eigenvalue weighted by Gasteiger charge is -2.37. The van der Waals surface area contributed by atoms with Crippen molar-refractivity contribution in [2.75, 3.05) is 18.4 Å². The lowest BCUT2D eigenvalue weighted by molar-refractivity contribution is -0.214. The molecule has 162 valence electrons. The van der Waals surface area contributed by atoms with Gasteiger partial charge in [0.05, 0.1) is 29.0 Å². The molecule has 1 aromatic rings. The lowest BCUT2D eigenvalue weighted by Crippen LogP contribution is -2.45. The zero-order valence-corrected chi connectivity index (χ0v) is 18.3. The normalized spacial score (nSPS) is 22.3. The Labute approximate surface area is 175 Å². The first-order valence-electron chi connectivity index (χ1n) is 9.13. The number of methoxy groups -OCH3 is 1. The van der Waals surface area contributed by atoms with E-state index in [4.69, 9.17) is 25.8 Å². The van der Waals surface area contributed by atoms with Gasteiger partial charge in [-0.2, -0.15) is 0 Å². The Morgan fingerprint density at radius 2 is 2.10 bits per heavy atom. The van der Waals surface area contributed by atoms with E-state index in [1.807, 2.05) is 0 Å². The van der Waals surface area contributed by atoms with Gasteiger partial charge in [-0.3, -0.25) is 4.72 Å². The molecule has 2 atom stereocenters. The number of carbonyl (C=O) groups excluding carboxylic acids is 1. The molecule has 1 aromatic carbocycles. The molecule has 0 amide bonds. The number of benzene rings is 1. The first kappa shape index (κ1) is 23.6. The first-order valence-corrected chi connectivity index (χ1v) is 11.1. The maximum atomic E-state index is 13.3. The fraction of sp³-hybridized carbons (Fsp3) is 0.526. The summed E-state index contributed by atoms with van der Waals surface area (Å²) in [7, 11) is -2.68. The summed E-state index contributed by atoms with van der Waals surface area (Å²) in [6.07, 6.45) is 1.39. The monoisotopic (exact) mass is 449 g/mol. The van der Waals surface area contributed by atoms with Gasteiger partial charge in [0.1, 0.15) is 11.1 Å². The van der Waals surface area contributed by atoms with Crippen molar-refractivity contribution in [3.63, 3.8) is 0 Å². The van der Waals surface area contributed by atoms with Crippen LogP contribution in [0.1, 0.15) is 33.6 Å². The first-order chi connectivity index (χ1) is 13.5. The van der Waals surface area contributed by atoms with Gasteiger partial charge >= 0.3 is 5.97 Å². The zero-order chi connectivity index (χ0) is 21.8. The molecule has 0 saturated carbocycles. The number of hydrogen-bond donors (Lipinski definition) is 1. The minimum absolute atomic E-state index is 0.0123. The van der Waals surface area contributed by atoms with Gasteiger partial charge in [-0.25, -0.2) is 17.6 Å². The van der Waals surface area contributed by atoms with Crippen molar-refractivity contribution >= 4 is 33.3 Å². The molecule has 0 heterocycles. The van der Waals surface area contributed by atoms with Crippen molar-refractivity contribution in [3.8, 4) is 0 Å². The average molecular weight is 450 g/mol. The summed E-state index contributed by atoms with van der Waals surface area (Å²) in [5, 5.41) is -1.32. The third-order valence-corrected chi connectivity index (χ3v) is 6.38.